The van der Waals surface area contributed by atoms with E-state index in [2.05, 4.69) is 0 Å². The van der Waals surface area contributed by atoms with Crippen molar-refractivity contribution in [1.82, 2.24) is 0 Å². The fourth-order valence-corrected chi connectivity index (χ4v) is 2.03. The lowest BCUT2D eigenvalue weighted by Crippen LogP contribution is -2.20. The minimum absolute atomic E-state index is 0.360. The Morgan fingerprint density at radius 2 is 1.72 bits per heavy atom. The average molecular weight is 279 g/mol. The molecule has 18 heavy (non-hydrogen) atoms. The van der Waals surface area contributed by atoms with Crippen molar-refractivity contribution in [2.45, 2.75) is 6.54 Å². The average Bonchev–Trinajstić information content (AvgIpc) is 2.41. The van der Waals surface area contributed by atoms with Gasteiger partial charge in [0.2, 0.25) is 0 Å². The van der Waals surface area contributed by atoms with Crippen LogP contribution in [0.15, 0.2) is 48.5 Å². The van der Waals surface area contributed by atoms with Gasteiger partial charge in [-0.1, -0.05) is 59.6 Å². The van der Waals surface area contributed by atoms with Gasteiger partial charge in [-0.15, -0.1) is 0 Å². The molecule has 0 N–H and O–H groups in total. The molecule has 0 aliphatic rings. The number of hydrogen-bond acceptors (Lipinski definition) is 1. The fraction of sp³-hybridized carbons (Fsp3) is 0.0714. The Labute approximate surface area is 116 Å². The van der Waals surface area contributed by atoms with Crippen LogP contribution in [0.25, 0.3) is 0 Å². The van der Waals surface area contributed by atoms with Crippen LogP contribution in [0.4, 0.5) is 5.69 Å². The van der Waals surface area contributed by atoms with Crippen LogP contribution in [-0.4, -0.2) is 6.41 Å². The van der Waals surface area contributed by atoms with E-state index in [1.54, 1.807) is 18.2 Å². The minimum Gasteiger partial charge on any atom is -0.298 e. The van der Waals surface area contributed by atoms with Crippen LogP contribution in [-0.2, 0) is 11.3 Å². The monoisotopic (exact) mass is 278 g/mol. The Kier molecular flexibility index (Phi) is 4.24. The zero-order valence-corrected chi connectivity index (χ0v) is 10.9. The van der Waals surface area contributed by atoms with Gasteiger partial charge >= 0.3 is 6.41 Å². The van der Waals surface area contributed by atoms with Crippen molar-refractivity contribution in [2.75, 3.05) is 4.90 Å². The first-order chi connectivity index (χ1) is 8.72. The molecule has 0 fully saturated rings. The van der Waals surface area contributed by atoms with Crippen LogP contribution in [0.2, 0.25) is 10.0 Å². The quantitative estimate of drug-likeness (QED) is 0.772. The van der Waals surface area contributed by atoms with Gasteiger partial charge in [0.1, 0.15) is 0 Å². The van der Waals surface area contributed by atoms with Gasteiger partial charge in [0.15, 0.2) is 0 Å². The molecule has 0 spiro atoms. The Hall–Kier alpha value is -1.51. The minimum atomic E-state index is 0.360. The molecular weight excluding hydrogens is 269 g/mol. The summed E-state index contributed by atoms with van der Waals surface area (Å²) in [5.41, 5.74) is 1.56. The summed E-state index contributed by atoms with van der Waals surface area (Å²) in [4.78, 5) is 12.5. The van der Waals surface area contributed by atoms with E-state index in [-0.39, 0.29) is 0 Å². The van der Waals surface area contributed by atoms with Crippen LogP contribution >= 0.6 is 23.2 Å². The number of halogens is 2. The Bertz CT molecular complexity index is 543. The van der Waals surface area contributed by atoms with Crippen molar-refractivity contribution in [3.63, 3.8) is 0 Å². The lowest BCUT2D eigenvalue weighted by atomic mass is 10.2. The van der Waals surface area contributed by atoms with Gasteiger partial charge in [0.05, 0.1) is 22.3 Å². The first-order valence-corrected chi connectivity index (χ1v) is 6.11. The van der Waals surface area contributed by atoms with Crippen LogP contribution in [0.1, 0.15) is 5.56 Å². The van der Waals surface area contributed by atoms with Gasteiger partial charge in [0.25, 0.3) is 0 Å². The van der Waals surface area contributed by atoms with Gasteiger partial charge in [-0.05, 0) is 17.7 Å². The first kappa shape index (κ1) is 12.9. The van der Waals surface area contributed by atoms with Crippen molar-refractivity contribution in [3.8, 4) is 0 Å². The van der Waals surface area contributed by atoms with E-state index in [0.717, 1.165) is 5.56 Å². The molecule has 0 aliphatic heterocycles. The van der Waals surface area contributed by atoms with E-state index in [1.807, 2.05) is 36.7 Å². The maximum absolute atomic E-state index is 11.1. The summed E-state index contributed by atoms with van der Waals surface area (Å²) in [6, 6.07) is 14.8. The van der Waals surface area contributed by atoms with Crippen LogP contribution in [0.5, 0.6) is 0 Å². The van der Waals surface area contributed by atoms with Gasteiger partial charge in [-0.25, -0.2) is 0 Å². The normalized spacial score (nSPS) is 10.1. The molecule has 0 aliphatic carbocycles. The molecular formula is C14H10Cl2NO. The van der Waals surface area contributed by atoms with Crippen molar-refractivity contribution in [1.29, 1.82) is 0 Å². The third kappa shape index (κ3) is 2.84. The topological polar surface area (TPSA) is 20.3 Å². The van der Waals surface area contributed by atoms with E-state index in [0.29, 0.717) is 22.3 Å². The van der Waals surface area contributed by atoms with Crippen molar-refractivity contribution in [2.24, 2.45) is 0 Å². The van der Waals surface area contributed by atoms with Gasteiger partial charge in [0, 0.05) is 0 Å². The zero-order chi connectivity index (χ0) is 13.0. The molecule has 2 nitrogen and oxygen atoms in total. The summed E-state index contributed by atoms with van der Waals surface area (Å²) in [7, 11) is 0. The molecule has 2 aromatic carbocycles. The summed E-state index contributed by atoms with van der Waals surface area (Å²) in [5, 5.41) is 0.779. The lowest BCUT2D eigenvalue weighted by molar-refractivity contribution is 0.551. The second-order valence-electron chi connectivity index (χ2n) is 3.74. The highest BCUT2D eigenvalue weighted by Gasteiger charge is 2.12. The summed E-state index contributed by atoms with van der Waals surface area (Å²) in [5.74, 6) is 0. The maximum atomic E-state index is 11.1. The molecule has 0 aromatic heterocycles. The molecule has 2 aromatic rings. The van der Waals surface area contributed by atoms with Crippen molar-refractivity contribution >= 4 is 35.3 Å². The molecule has 0 heterocycles. The molecule has 1 radical (unpaired) electrons. The van der Waals surface area contributed by atoms with E-state index >= 15 is 0 Å². The highest BCUT2D eigenvalue weighted by atomic mass is 35.5. The predicted octanol–water partition coefficient (Wildman–Crippen LogP) is 4.07. The third-order valence-electron chi connectivity index (χ3n) is 2.52. The molecule has 0 saturated heterocycles. The largest absolute Gasteiger partial charge is 0.317 e. The van der Waals surface area contributed by atoms with Crippen LogP contribution in [0, 0.1) is 0 Å². The second kappa shape index (κ2) is 5.89. The molecule has 2 rings (SSSR count). The molecule has 0 atom stereocenters. The fourth-order valence-electron chi connectivity index (χ4n) is 1.63. The molecule has 0 bridgehead atoms. The van der Waals surface area contributed by atoms with Gasteiger partial charge in [-0.3, -0.25) is 9.69 Å². The maximum Gasteiger partial charge on any atom is 0.317 e. The highest BCUT2D eigenvalue weighted by Crippen LogP contribution is 2.32. The summed E-state index contributed by atoms with van der Waals surface area (Å²) < 4.78 is 0. The summed E-state index contributed by atoms with van der Waals surface area (Å²) in [6.45, 7) is 0.407. The zero-order valence-electron chi connectivity index (χ0n) is 9.44. The second-order valence-corrected chi connectivity index (χ2v) is 4.52. The SMILES string of the molecule is O=[C]N(Cc1ccccc1)c1cccc(Cl)c1Cl. The van der Waals surface area contributed by atoms with E-state index in [4.69, 9.17) is 23.2 Å². The summed E-state index contributed by atoms with van der Waals surface area (Å²) >= 11 is 12.0. The van der Waals surface area contributed by atoms with Crippen molar-refractivity contribution < 1.29 is 4.79 Å². The number of anilines is 1. The lowest BCUT2D eigenvalue weighted by Gasteiger charge is -2.18. The smallest absolute Gasteiger partial charge is 0.298 e. The highest BCUT2D eigenvalue weighted by molar-refractivity contribution is 6.43. The van der Waals surface area contributed by atoms with Gasteiger partial charge < -0.3 is 0 Å². The number of hydrogen-bond donors (Lipinski definition) is 0. The predicted molar refractivity (Wildman–Crippen MR) is 74.8 cm³/mol. The number of rotatable bonds is 4. The van der Waals surface area contributed by atoms with Crippen molar-refractivity contribution in [3.05, 3.63) is 64.1 Å². The summed E-state index contributed by atoms with van der Waals surface area (Å²) in [6.07, 6.45) is 1.88. The molecule has 1 amide bonds. The first-order valence-electron chi connectivity index (χ1n) is 5.35. The Morgan fingerprint density at radius 1 is 1.00 bits per heavy atom. The number of nitrogens with zero attached hydrogens (tertiary/aromatic N) is 1. The van der Waals surface area contributed by atoms with E-state index in [9.17, 15) is 4.79 Å². The van der Waals surface area contributed by atoms with Crippen LogP contribution in [0.3, 0.4) is 0 Å². The van der Waals surface area contributed by atoms with Gasteiger partial charge in [-0.2, -0.15) is 0 Å². The van der Waals surface area contributed by atoms with Crippen LogP contribution < -0.4 is 4.90 Å². The third-order valence-corrected chi connectivity index (χ3v) is 3.32. The van der Waals surface area contributed by atoms with E-state index in [1.165, 1.54) is 4.90 Å². The number of amides is 1. The molecule has 0 saturated carbocycles. The molecule has 91 valence electrons. The molecule has 4 heteroatoms. The number of carbonyl (C=O) groups excluding carboxylic acids is 1. The number of benzene rings is 2. The standard InChI is InChI=1S/C14H10Cl2NO/c15-12-7-4-8-13(14(12)16)17(10-18)9-11-5-2-1-3-6-11/h1-8H,9H2. The van der Waals surface area contributed by atoms with E-state index < -0.39 is 0 Å². The Balaban J connectivity index is 2.29. The molecule has 0 unspecified atom stereocenters. The Morgan fingerprint density at radius 3 is 2.39 bits per heavy atom.